The van der Waals surface area contributed by atoms with Gasteiger partial charge in [0.05, 0.1) is 5.69 Å². The Labute approximate surface area is 74.8 Å². The second-order valence-electron chi connectivity index (χ2n) is 3.18. The lowest BCUT2D eigenvalue weighted by Crippen LogP contribution is -2.09. The van der Waals surface area contributed by atoms with E-state index in [1.54, 1.807) is 6.92 Å². The molecule has 1 fully saturated rings. The molecule has 1 aromatic rings. The van der Waals surface area contributed by atoms with E-state index >= 15 is 0 Å². The normalized spacial score (nSPS) is 15.8. The lowest BCUT2D eigenvalue weighted by atomic mass is 10.3. The van der Waals surface area contributed by atoms with Gasteiger partial charge in [0, 0.05) is 5.92 Å². The molecule has 1 heterocycles. The second-order valence-corrected chi connectivity index (χ2v) is 3.18. The summed E-state index contributed by atoms with van der Waals surface area (Å²) in [7, 11) is 0. The molecule has 5 heteroatoms. The molecule has 1 aliphatic carbocycles. The van der Waals surface area contributed by atoms with Crippen molar-refractivity contribution in [1.82, 2.24) is 15.2 Å². The van der Waals surface area contributed by atoms with E-state index in [1.165, 1.54) is 0 Å². The molecule has 2 rings (SSSR count). The molecule has 0 bridgehead atoms. The van der Waals surface area contributed by atoms with Crippen LogP contribution in [0, 0.1) is 6.92 Å². The Balaban J connectivity index is 2.36. The predicted octanol–water partition coefficient (Wildman–Crippen LogP) is 0.756. The Kier molecular flexibility index (Phi) is 1.72. The van der Waals surface area contributed by atoms with E-state index in [9.17, 15) is 4.79 Å². The Morgan fingerprint density at radius 1 is 1.46 bits per heavy atom. The summed E-state index contributed by atoms with van der Waals surface area (Å²) in [5.41, 5.74) is 0.397. The lowest BCUT2D eigenvalue weighted by Gasteiger charge is -1.99. The van der Waals surface area contributed by atoms with E-state index in [0.717, 1.165) is 12.8 Å². The number of aromatic carboxylic acids is 1. The standard InChI is InChI=1S/C8H9N3O2/c1-4-6(8(12)13)10-11-7(9-4)5-2-3-5/h5H,2-3H2,1H3,(H,12,13). The monoisotopic (exact) mass is 179 g/mol. The third-order valence-electron chi connectivity index (χ3n) is 2.02. The molecular weight excluding hydrogens is 170 g/mol. The van der Waals surface area contributed by atoms with Gasteiger partial charge in [-0.15, -0.1) is 10.2 Å². The molecule has 0 atom stereocenters. The van der Waals surface area contributed by atoms with Gasteiger partial charge < -0.3 is 5.11 Å². The molecule has 1 aliphatic rings. The maximum absolute atomic E-state index is 10.6. The number of aryl methyl sites for hydroxylation is 1. The van der Waals surface area contributed by atoms with Gasteiger partial charge >= 0.3 is 5.97 Å². The second kappa shape index (κ2) is 2.76. The van der Waals surface area contributed by atoms with Crippen LogP contribution in [0.25, 0.3) is 0 Å². The van der Waals surface area contributed by atoms with Gasteiger partial charge in [0.1, 0.15) is 0 Å². The summed E-state index contributed by atoms with van der Waals surface area (Å²) in [5.74, 6) is 0.0244. The number of carbonyl (C=O) groups is 1. The van der Waals surface area contributed by atoms with Crippen molar-refractivity contribution in [2.45, 2.75) is 25.7 Å². The maximum atomic E-state index is 10.6. The van der Waals surface area contributed by atoms with E-state index in [2.05, 4.69) is 15.2 Å². The Hall–Kier alpha value is -1.52. The highest BCUT2D eigenvalue weighted by Gasteiger charge is 2.28. The fraction of sp³-hybridized carbons (Fsp3) is 0.500. The molecule has 1 saturated carbocycles. The van der Waals surface area contributed by atoms with Gasteiger partial charge in [0.2, 0.25) is 0 Å². The number of hydrogen-bond donors (Lipinski definition) is 1. The average molecular weight is 179 g/mol. The smallest absolute Gasteiger partial charge is 0.358 e. The van der Waals surface area contributed by atoms with Gasteiger partial charge in [-0.1, -0.05) is 0 Å². The van der Waals surface area contributed by atoms with E-state index < -0.39 is 5.97 Å². The summed E-state index contributed by atoms with van der Waals surface area (Å²) in [4.78, 5) is 14.7. The van der Waals surface area contributed by atoms with Crippen molar-refractivity contribution in [3.05, 3.63) is 17.2 Å². The highest BCUT2D eigenvalue weighted by atomic mass is 16.4. The summed E-state index contributed by atoms with van der Waals surface area (Å²) in [6, 6.07) is 0. The molecule has 0 saturated heterocycles. The van der Waals surface area contributed by atoms with Crippen molar-refractivity contribution in [1.29, 1.82) is 0 Å². The average Bonchev–Trinajstić information content (AvgIpc) is 2.85. The fourth-order valence-corrected chi connectivity index (χ4v) is 1.13. The number of nitrogens with zero attached hydrogens (tertiary/aromatic N) is 3. The lowest BCUT2D eigenvalue weighted by molar-refractivity contribution is 0.0687. The molecule has 0 aliphatic heterocycles. The predicted molar refractivity (Wildman–Crippen MR) is 43.5 cm³/mol. The van der Waals surface area contributed by atoms with Crippen LogP contribution in [0.3, 0.4) is 0 Å². The van der Waals surface area contributed by atoms with E-state index in [-0.39, 0.29) is 5.69 Å². The van der Waals surface area contributed by atoms with Crippen LogP contribution < -0.4 is 0 Å². The van der Waals surface area contributed by atoms with E-state index in [0.29, 0.717) is 17.4 Å². The van der Waals surface area contributed by atoms with Gasteiger partial charge in [0.15, 0.2) is 11.5 Å². The van der Waals surface area contributed by atoms with Crippen molar-refractivity contribution < 1.29 is 9.90 Å². The third kappa shape index (κ3) is 1.49. The first-order valence-corrected chi connectivity index (χ1v) is 4.13. The Morgan fingerprint density at radius 2 is 2.15 bits per heavy atom. The minimum absolute atomic E-state index is 0.0515. The first-order chi connectivity index (χ1) is 6.18. The largest absolute Gasteiger partial charge is 0.476 e. The maximum Gasteiger partial charge on any atom is 0.358 e. The summed E-state index contributed by atoms with van der Waals surface area (Å²) in [6.07, 6.45) is 2.18. The van der Waals surface area contributed by atoms with Gasteiger partial charge in [-0.2, -0.15) is 0 Å². The van der Waals surface area contributed by atoms with Gasteiger partial charge in [-0.3, -0.25) is 0 Å². The molecule has 13 heavy (non-hydrogen) atoms. The molecule has 0 unspecified atom stereocenters. The SMILES string of the molecule is Cc1nc(C2CC2)nnc1C(=O)O. The number of carboxylic acids is 1. The van der Waals surface area contributed by atoms with Crippen LogP contribution in [-0.4, -0.2) is 26.3 Å². The molecule has 0 aromatic carbocycles. The van der Waals surface area contributed by atoms with E-state index in [1.807, 2.05) is 0 Å². The molecule has 5 nitrogen and oxygen atoms in total. The summed E-state index contributed by atoms with van der Waals surface area (Å²) >= 11 is 0. The van der Waals surface area contributed by atoms with Crippen molar-refractivity contribution >= 4 is 5.97 Å². The molecule has 0 amide bonds. The number of carboxylic acid groups (broad SMARTS) is 1. The molecule has 1 N–H and O–H groups in total. The minimum Gasteiger partial charge on any atom is -0.476 e. The number of aromatic nitrogens is 3. The summed E-state index contributed by atoms with van der Waals surface area (Å²) in [5, 5.41) is 16.1. The molecular formula is C8H9N3O2. The van der Waals surface area contributed by atoms with Gasteiger partial charge in [-0.25, -0.2) is 9.78 Å². The topological polar surface area (TPSA) is 76.0 Å². The van der Waals surface area contributed by atoms with Crippen molar-refractivity contribution in [2.75, 3.05) is 0 Å². The highest BCUT2D eigenvalue weighted by molar-refractivity contribution is 5.86. The van der Waals surface area contributed by atoms with Crippen LogP contribution in [0.4, 0.5) is 0 Å². The van der Waals surface area contributed by atoms with Crippen LogP contribution in [0.5, 0.6) is 0 Å². The van der Waals surface area contributed by atoms with Crippen LogP contribution in [0.2, 0.25) is 0 Å². The zero-order valence-electron chi connectivity index (χ0n) is 7.19. The van der Waals surface area contributed by atoms with Crippen LogP contribution >= 0.6 is 0 Å². The van der Waals surface area contributed by atoms with E-state index in [4.69, 9.17) is 5.11 Å². The Bertz CT molecular complexity index is 360. The van der Waals surface area contributed by atoms with Crippen LogP contribution in [0.1, 0.15) is 40.8 Å². The first kappa shape index (κ1) is 8.10. The molecule has 68 valence electrons. The number of hydrogen-bond acceptors (Lipinski definition) is 4. The zero-order valence-corrected chi connectivity index (χ0v) is 7.19. The Morgan fingerprint density at radius 3 is 2.62 bits per heavy atom. The van der Waals surface area contributed by atoms with Gasteiger partial charge in [-0.05, 0) is 19.8 Å². The van der Waals surface area contributed by atoms with Crippen LogP contribution in [-0.2, 0) is 0 Å². The molecule has 0 radical (unpaired) electrons. The number of rotatable bonds is 2. The third-order valence-corrected chi connectivity index (χ3v) is 2.02. The molecule has 0 spiro atoms. The van der Waals surface area contributed by atoms with Crippen molar-refractivity contribution in [3.63, 3.8) is 0 Å². The summed E-state index contributed by atoms with van der Waals surface area (Å²) < 4.78 is 0. The summed E-state index contributed by atoms with van der Waals surface area (Å²) in [6.45, 7) is 1.64. The first-order valence-electron chi connectivity index (χ1n) is 4.13. The van der Waals surface area contributed by atoms with Crippen molar-refractivity contribution in [3.8, 4) is 0 Å². The van der Waals surface area contributed by atoms with Gasteiger partial charge in [0.25, 0.3) is 0 Å². The quantitative estimate of drug-likeness (QED) is 0.725. The highest BCUT2D eigenvalue weighted by Crippen LogP contribution is 2.37. The minimum atomic E-state index is -1.07. The molecule has 1 aromatic heterocycles. The zero-order chi connectivity index (χ0) is 9.42. The van der Waals surface area contributed by atoms with Crippen LogP contribution in [0.15, 0.2) is 0 Å². The fourth-order valence-electron chi connectivity index (χ4n) is 1.13. The van der Waals surface area contributed by atoms with Crippen molar-refractivity contribution in [2.24, 2.45) is 0 Å².